The molecule has 0 aromatic heterocycles. The van der Waals surface area contributed by atoms with Gasteiger partial charge in [-0.3, -0.25) is 0 Å². The number of aromatic hydroxyl groups is 2. The van der Waals surface area contributed by atoms with Crippen LogP contribution in [0.25, 0.3) is 11.1 Å². The summed E-state index contributed by atoms with van der Waals surface area (Å²) >= 11 is 0. The molecule has 88 valence electrons. The first-order chi connectivity index (χ1) is 8.00. The molecule has 2 nitrogen and oxygen atoms in total. The van der Waals surface area contributed by atoms with Crippen molar-refractivity contribution in [1.29, 1.82) is 0 Å². The van der Waals surface area contributed by atoms with Gasteiger partial charge in [-0.15, -0.1) is 0 Å². The van der Waals surface area contributed by atoms with Crippen LogP contribution in [0.1, 0.15) is 16.7 Å². The summed E-state index contributed by atoms with van der Waals surface area (Å²) in [7, 11) is 0. The number of hydrogen-bond acceptors (Lipinski definition) is 2. The van der Waals surface area contributed by atoms with Gasteiger partial charge in [-0.2, -0.15) is 0 Å². The van der Waals surface area contributed by atoms with Crippen LogP contribution >= 0.6 is 0 Å². The van der Waals surface area contributed by atoms with Gasteiger partial charge in [0.25, 0.3) is 0 Å². The fourth-order valence-corrected chi connectivity index (χ4v) is 2.00. The zero-order valence-electron chi connectivity index (χ0n) is 10.3. The van der Waals surface area contributed by atoms with Crippen LogP contribution in [0.3, 0.4) is 0 Å². The highest BCUT2D eigenvalue weighted by molar-refractivity contribution is 5.73. The lowest BCUT2D eigenvalue weighted by atomic mass is 9.96. The quantitative estimate of drug-likeness (QED) is 0.731. The molecule has 0 radical (unpaired) electrons. The van der Waals surface area contributed by atoms with E-state index < -0.39 is 0 Å². The Morgan fingerprint density at radius 3 is 2.24 bits per heavy atom. The highest BCUT2D eigenvalue weighted by Gasteiger charge is 2.12. The zero-order chi connectivity index (χ0) is 12.6. The van der Waals surface area contributed by atoms with Gasteiger partial charge < -0.3 is 10.2 Å². The van der Waals surface area contributed by atoms with Crippen molar-refractivity contribution in [2.75, 3.05) is 0 Å². The van der Waals surface area contributed by atoms with Crippen molar-refractivity contribution in [1.82, 2.24) is 0 Å². The minimum absolute atomic E-state index is 0.0264. The summed E-state index contributed by atoms with van der Waals surface area (Å²) in [5.41, 5.74) is 4.58. The Bertz CT molecular complexity index is 571. The van der Waals surface area contributed by atoms with E-state index in [9.17, 15) is 10.2 Å². The summed E-state index contributed by atoms with van der Waals surface area (Å²) in [5, 5.41) is 19.5. The first kappa shape index (κ1) is 11.5. The predicted octanol–water partition coefficient (Wildman–Crippen LogP) is 3.69. The van der Waals surface area contributed by atoms with E-state index in [0.29, 0.717) is 11.1 Å². The van der Waals surface area contributed by atoms with Crippen LogP contribution < -0.4 is 0 Å². The van der Waals surface area contributed by atoms with Crippen LogP contribution in [0.15, 0.2) is 30.3 Å². The Morgan fingerprint density at radius 1 is 0.882 bits per heavy atom. The highest BCUT2D eigenvalue weighted by Crippen LogP contribution is 2.38. The Labute approximate surface area is 101 Å². The summed E-state index contributed by atoms with van der Waals surface area (Å²) < 4.78 is 0. The average molecular weight is 228 g/mol. The molecular formula is C15H16O2. The molecule has 2 heteroatoms. The van der Waals surface area contributed by atoms with Gasteiger partial charge in [0.1, 0.15) is 0 Å². The van der Waals surface area contributed by atoms with Crippen molar-refractivity contribution in [3.05, 3.63) is 47.0 Å². The zero-order valence-corrected chi connectivity index (χ0v) is 10.3. The summed E-state index contributed by atoms with van der Waals surface area (Å²) in [6.07, 6.45) is 0. The molecule has 2 rings (SSSR count). The van der Waals surface area contributed by atoms with E-state index in [-0.39, 0.29) is 11.5 Å². The lowest BCUT2D eigenvalue weighted by molar-refractivity contribution is 0.399. The van der Waals surface area contributed by atoms with Crippen molar-refractivity contribution >= 4 is 0 Å². The smallest absolute Gasteiger partial charge is 0.161 e. The molecular weight excluding hydrogens is 212 g/mol. The third kappa shape index (κ3) is 1.98. The Morgan fingerprint density at radius 2 is 1.59 bits per heavy atom. The summed E-state index contributed by atoms with van der Waals surface area (Å²) in [6, 6.07) is 10.00. The second kappa shape index (κ2) is 4.13. The fourth-order valence-electron chi connectivity index (χ4n) is 2.00. The van der Waals surface area contributed by atoms with Gasteiger partial charge in [-0.05, 0) is 43.5 Å². The van der Waals surface area contributed by atoms with Gasteiger partial charge in [0.2, 0.25) is 0 Å². The molecule has 17 heavy (non-hydrogen) atoms. The molecule has 0 unspecified atom stereocenters. The largest absolute Gasteiger partial charge is 0.504 e. The van der Waals surface area contributed by atoms with Gasteiger partial charge in [-0.25, -0.2) is 0 Å². The second-order valence-electron chi connectivity index (χ2n) is 4.43. The fraction of sp³-hybridized carbons (Fsp3) is 0.200. The molecule has 0 atom stereocenters. The number of phenolic OH excluding ortho intramolecular Hbond substituents is 2. The van der Waals surface area contributed by atoms with Crippen LogP contribution in [-0.4, -0.2) is 10.2 Å². The molecule has 0 saturated carbocycles. The van der Waals surface area contributed by atoms with Crippen molar-refractivity contribution in [3.63, 3.8) is 0 Å². The Balaban J connectivity index is 2.68. The van der Waals surface area contributed by atoms with E-state index in [1.165, 1.54) is 5.56 Å². The summed E-state index contributed by atoms with van der Waals surface area (Å²) in [4.78, 5) is 0. The van der Waals surface area contributed by atoms with Crippen molar-refractivity contribution in [2.24, 2.45) is 0 Å². The standard InChI is InChI=1S/C15H16O2/c1-9-5-4-6-12(7-9)13-8-10(2)14(16)15(17)11(13)3/h4-8,16-17H,1-3H3. The highest BCUT2D eigenvalue weighted by atomic mass is 16.3. The van der Waals surface area contributed by atoms with Crippen molar-refractivity contribution < 1.29 is 10.2 Å². The number of phenols is 2. The second-order valence-corrected chi connectivity index (χ2v) is 4.43. The molecule has 0 fully saturated rings. The Hall–Kier alpha value is -1.96. The monoisotopic (exact) mass is 228 g/mol. The number of rotatable bonds is 1. The summed E-state index contributed by atoms with van der Waals surface area (Å²) in [6.45, 7) is 5.63. The molecule has 2 aromatic carbocycles. The van der Waals surface area contributed by atoms with Crippen LogP contribution in [0, 0.1) is 20.8 Å². The predicted molar refractivity (Wildman–Crippen MR) is 69.4 cm³/mol. The number of hydrogen-bond donors (Lipinski definition) is 2. The molecule has 0 amide bonds. The maximum absolute atomic E-state index is 9.85. The third-order valence-corrected chi connectivity index (χ3v) is 3.05. The minimum atomic E-state index is -0.0288. The SMILES string of the molecule is Cc1cccc(-c2cc(C)c(O)c(O)c2C)c1. The molecule has 2 N–H and O–H groups in total. The maximum atomic E-state index is 9.85. The first-order valence-electron chi connectivity index (χ1n) is 5.60. The van der Waals surface area contributed by atoms with Crippen LogP contribution in [0.5, 0.6) is 11.5 Å². The Kier molecular flexibility index (Phi) is 2.80. The molecule has 2 aromatic rings. The van der Waals surface area contributed by atoms with E-state index in [1.54, 1.807) is 6.92 Å². The topological polar surface area (TPSA) is 40.5 Å². The van der Waals surface area contributed by atoms with Crippen molar-refractivity contribution in [2.45, 2.75) is 20.8 Å². The minimum Gasteiger partial charge on any atom is -0.504 e. The van der Waals surface area contributed by atoms with Gasteiger partial charge in [0.15, 0.2) is 11.5 Å². The van der Waals surface area contributed by atoms with Crippen LogP contribution in [-0.2, 0) is 0 Å². The molecule has 0 heterocycles. The molecule has 0 bridgehead atoms. The van der Waals surface area contributed by atoms with Crippen LogP contribution in [0.2, 0.25) is 0 Å². The number of aryl methyl sites for hydroxylation is 2. The number of benzene rings is 2. The van der Waals surface area contributed by atoms with E-state index in [1.807, 2.05) is 38.1 Å². The maximum Gasteiger partial charge on any atom is 0.161 e. The van der Waals surface area contributed by atoms with Crippen LogP contribution in [0.4, 0.5) is 0 Å². The van der Waals surface area contributed by atoms with E-state index in [0.717, 1.165) is 11.1 Å². The van der Waals surface area contributed by atoms with Crippen molar-refractivity contribution in [3.8, 4) is 22.6 Å². The first-order valence-corrected chi connectivity index (χ1v) is 5.60. The lowest BCUT2D eigenvalue weighted by Gasteiger charge is -2.12. The van der Waals surface area contributed by atoms with E-state index in [2.05, 4.69) is 6.07 Å². The van der Waals surface area contributed by atoms with Gasteiger partial charge >= 0.3 is 0 Å². The van der Waals surface area contributed by atoms with E-state index in [4.69, 9.17) is 0 Å². The van der Waals surface area contributed by atoms with Gasteiger partial charge in [0, 0.05) is 5.56 Å². The molecule has 0 aliphatic rings. The van der Waals surface area contributed by atoms with Gasteiger partial charge in [-0.1, -0.05) is 29.8 Å². The molecule has 0 saturated heterocycles. The molecule has 0 aliphatic carbocycles. The third-order valence-electron chi connectivity index (χ3n) is 3.05. The average Bonchev–Trinajstić information content (AvgIpc) is 2.31. The molecule has 0 aliphatic heterocycles. The molecule has 0 spiro atoms. The normalized spacial score (nSPS) is 10.5. The lowest BCUT2D eigenvalue weighted by Crippen LogP contribution is -1.88. The summed E-state index contributed by atoms with van der Waals surface area (Å²) in [5.74, 6) is -0.0552. The van der Waals surface area contributed by atoms with E-state index >= 15 is 0 Å². The van der Waals surface area contributed by atoms with Gasteiger partial charge in [0.05, 0.1) is 0 Å².